The van der Waals surface area contributed by atoms with Crippen LogP contribution in [-0.2, 0) is 6.42 Å². The highest BCUT2D eigenvalue weighted by Crippen LogP contribution is 2.01. The maximum Gasteiger partial charge on any atom is 0.410 e. The number of hydrogen-bond donors (Lipinski definition) is 2. The Labute approximate surface area is 75.1 Å². The quantitative estimate of drug-likeness (QED) is 0.685. The summed E-state index contributed by atoms with van der Waals surface area (Å²) in [5.74, 6) is 0.223. The number of carboxylic acid groups (broad SMARTS) is 1. The van der Waals surface area contributed by atoms with E-state index in [9.17, 15) is 4.79 Å². The standard InChI is InChI=1S/C8H9N3O2/c1-2-3-6-4-10-7(5-9-6)11-8(12)13/h2,4-5H,1,3H2,(H,10,11)(H,12,13). The second kappa shape index (κ2) is 4.20. The highest BCUT2D eigenvalue weighted by Gasteiger charge is 1.99. The van der Waals surface area contributed by atoms with Crippen molar-refractivity contribution >= 4 is 11.9 Å². The monoisotopic (exact) mass is 179 g/mol. The molecule has 0 aliphatic carbocycles. The summed E-state index contributed by atoms with van der Waals surface area (Å²) in [6.07, 6.45) is 4.06. The van der Waals surface area contributed by atoms with E-state index in [1.165, 1.54) is 12.4 Å². The van der Waals surface area contributed by atoms with Crippen LogP contribution in [0.5, 0.6) is 0 Å². The van der Waals surface area contributed by atoms with Gasteiger partial charge in [-0.05, 0) is 0 Å². The highest BCUT2D eigenvalue weighted by atomic mass is 16.4. The van der Waals surface area contributed by atoms with E-state index < -0.39 is 6.09 Å². The summed E-state index contributed by atoms with van der Waals surface area (Å²) in [5, 5.41) is 10.4. The van der Waals surface area contributed by atoms with Crippen LogP contribution in [0.1, 0.15) is 5.69 Å². The molecule has 5 heteroatoms. The van der Waals surface area contributed by atoms with E-state index in [0.29, 0.717) is 6.42 Å². The van der Waals surface area contributed by atoms with Gasteiger partial charge in [-0.15, -0.1) is 6.58 Å². The molecule has 1 rings (SSSR count). The van der Waals surface area contributed by atoms with Gasteiger partial charge in [-0.3, -0.25) is 10.3 Å². The first kappa shape index (κ1) is 9.18. The molecular weight excluding hydrogens is 170 g/mol. The molecule has 0 spiro atoms. The van der Waals surface area contributed by atoms with E-state index in [1.807, 2.05) is 0 Å². The third kappa shape index (κ3) is 2.90. The van der Waals surface area contributed by atoms with Gasteiger partial charge in [-0.1, -0.05) is 6.08 Å². The molecule has 0 bridgehead atoms. The molecule has 0 radical (unpaired) electrons. The molecule has 0 unspecified atom stereocenters. The lowest BCUT2D eigenvalue weighted by atomic mass is 10.3. The Hall–Kier alpha value is -1.91. The normalized spacial score (nSPS) is 9.23. The minimum absolute atomic E-state index is 0.223. The van der Waals surface area contributed by atoms with E-state index >= 15 is 0 Å². The Morgan fingerprint density at radius 1 is 1.62 bits per heavy atom. The summed E-state index contributed by atoms with van der Waals surface area (Å²) in [4.78, 5) is 18.0. The first-order valence-corrected chi connectivity index (χ1v) is 3.64. The lowest BCUT2D eigenvalue weighted by Gasteiger charge is -1.99. The van der Waals surface area contributed by atoms with Crippen LogP contribution in [0.2, 0.25) is 0 Å². The van der Waals surface area contributed by atoms with Gasteiger partial charge in [0.25, 0.3) is 0 Å². The molecule has 1 amide bonds. The molecule has 1 heterocycles. The van der Waals surface area contributed by atoms with E-state index in [2.05, 4.69) is 21.9 Å². The van der Waals surface area contributed by atoms with Crippen molar-refractivity contribution in [1.29, 1.82) is 0 Å². The van der Waals surface area contributed by atoms with Crippen LogP contribution in [0.4, 0.5) is 10.6 Å². The fraction of sp³-hybridized carbons (Fsp3) is 0.125. The average molecular weight is 179 g/mol. The van der Waals surface area contributed by atoms with Gasteiger partial charge in [0.15, 0.2) is 5.82 Å². The van der Waals surface area contributed by atoms with Gasteiger partial charge in [0, 0.05) is 6.42 Å². The largest absolute Gasteiger partial charge is 0.465 e. The number of allylic oxidation sites excluding steroid dienone is 1. The van der Waals surface area contributed by atoms with Crippen molar-refractivity contribution in [3.05, 3.63) is 30.7 Å². The number of carbonyl (C=O) groups is 1. The molecular formula is C8H9N3O2. The summed E-state index contributed by atoms with van der Waals surface area (Å²) in [7, 11) is 0. The van der Waals surface area contributed by atoms with Crippen LogP contribution in [0.15, 0.2) is 25.0 Å². The SMILES string of the molecule is C=CCc1cnc(NC(=O)O)cn1. The van der Waals surface area contributed by atoms with E-state index in [0.717, 1.165) is 5.69 Å². The van der Waals surface area contributed by atoms with Crippen LogP contribution >= 0.6 is 0 Å². The molecule has 0 saturated heterocycles. The zero-order valence-electron chi connectivity index (χ0n) is 6.90. The highest BCUT2D eigenvalue weighted by molar-refractivity contribution is 5.80. The number of aromatic nitrogens is 2. The lowest BCUT2D eigenvalue weighted by molar-refractivity contribution is 0.209. The van der Waals surface area contributed by atoms with Crippen LogP contribution in [0.3, 0.4) is 0 Å². The zero-order chi connectivity index (χ0) is 9.68. The van der Waals surface area contributed by atoms with Crippen LogP contribution in [-0.4, -0.2) is 21.2 Å². The Kier molecular flexibility index (Phi) is 2.97. The van der Waals surface area contributed by atoms with E-state index in [1.54, 1.807) is 6.08 Å². The summed E-state index contributed by atoms with van der Waals surface area (Å²) in [6.45, 7) is 3.55. The molecule has 0 aliphatic rings. The van der Waals surface area contributed by atoms with E-state index in [-0.39, 0.29) is 5.82 Å². The number of nitrogens with zero attached hydrogens (tertiary/aromatic N) is 2. The van der Waals surface area contributed by atoms with Gasteiger partial charge in [-0.25, -0.2) is 9.78 Å². The summed E-state index contributed by atoms with van der Waals surface area (Å²) in [5.41, 5.74) is 0.755. The fourth-order valence-corrected chi connectivity index (χ4v) is 0.782. The third-order valence-corrected chi connectivity index (χ3v) is 1.29. The fourth-order valence-electron chi connectivity index (χ4n) is 0.782. The number of anilines is 1. The first-order chi connectivity index (χ1) is 6.22. The van der Waals surface area contributed by atoms with Gasteiger partial charge < -0.3 is 5.11 Å². The summed E-state index contributed by atoms with van der Waals surface area (Å²) >= 11 is 0. The molecule has 5 nitrogen and oxygen atoms in total. The second-order valence-corrected chi connectivity index (χ2v) is 2.32. The van der Waals surface area contributed by atoms with Gasteiger partial charge >= 0.3 is 6.09 Å². The van der Waals surface area contributed by atoms with Crippen LogP contribution in [0, 0.1) is 0 Å². The minimum atomic E-state index is -1.15. The van der Waals surface area contributed by atoms with Crippen molar-refractivity contribution < 1.29 is 9.90 Å². The molecule has 0 saturated carbocycles. The predicted molar refractivity (Wildman–Crippen MR) is 47.6 cm³/mol. The molecule has 68 valence electrons. The lowest BCUT2D eigenvalue weighted by Crippen LogP contribution is -2.09. The van der Waals surface area contributed by atoms with Crippen molar-refractivity contribution in [2.75, 3.05) is 5.32 Å². The molecule has 13 heavy (non-hydrogen) atoms. The molecule has 0 aromatic carbocycles. The number of nitrogens with one attached hydrogen (secondary N) is 1. The minimum Gasteiger partial charge on any atom is -0.465 e. The van der Waals surface area contributed by atoms with Crippen LogP contribution < -0.4 is 5.32 Å². The van der Waals surface area contributed by atoms with Gasteiger partial charge in [-0.2, -0.15) is 0 Å². The Bertz CT molecular complexity index is 308. The molecule has 0 fully saturated rings. The van der Waals surface area contributed by atoms with Crippen molar-refractivity contribution in [3.8, 4) is 0 Å². The Balaban J connectivity index is 2.69. The maximum absolute atomic E-state index is 10.2. The molecule has 2 N–H and O–H groups in total. The van der Waals surface area contributed by atoms with Crippen molar-refractivity contribution in [2.24, 2.45) is 0 Å². The summed E-state index contributed by atoms with van der Waals surface area (Å²) < 4.78 is 0. The van der Waals surface area contributed by atoms with Crippen molar-refractivity contribution in [3.63, 3.8) is 0 Å². The second-order valence-electron chi connectivity index (χ2n) is 2.32. The zero-order valence-corrected chi connectivity index (χ0v) is 6.90. The van der Waals surface area contributed by atoms with Crippen LogP contribution in [0.25, 0.3) is 0 Å². The van der Waals surface area contributed by atoms with E-state index in [4.69, 9.17) is 5.11 Å². The predicted octanol–water partition coefficient (Wildman–Crippen LogP) is 1.29. The molecule has 1 aromatic heterocycles. The molecule has 1 aromatic rings. The molecule has 0 aliphatic heterocycles. The molecule has 0 atom stereocenters. The maximum atomic E-state index is 10.2. The summed E-state index contributed by atoms with van der Waals surface area (Å²) in [6, 6.07) is 0. The number of rotatable bonds is 3. The van der Waals surface area contributed by atoms with Crippen molar-refractivity contribution in [2.45, 2.75) is 6.42 Å². The smallest absolute Gasteiger partial charge is 0.410 e. The Morgan fingerprint density at radius 2 is 2.38 bits per heavy atom. The number of amides is 1. The topological polar surface area (TPSA) is 75.1 Å². The first-order valence-electron chi connectivity index (χ1n) is 3.64. The Morgan fingerprint density at radius 3 is 2.85 bits per heavy atom. The average Bonchev–Trinajstić information content (AvgIpc) is 2.08. The van der Waals surface area contributed by atoms with Gasteiger partial charge in [0.05, 0.1) is 18.1 Å². The number of hydrogen-bond acceptors (Lipinski definition) is 3. The van der Waals surface area contributed by atoms with Gasteiger partial charge in [0.2, 0.25) is 0 Å². The van der Waals surface area contributed by atoms with Gasteiger partial charge in [0.1, 0.15) is 0 Å². The third-order valence-electron chi connectivity index (χ3n) is 1.29. The van der Waals surface area contributed by atoms with Crippen molar-refractivity contribution in [1.82, 2.24) is 9.97 Å².